The molecular weight excluding hydrogens is 190 g/mol. The fourth-order valence-electron chi connectivity index (χ4n) is 0.993. The van der Waals surface area contributed by atoms with Crippen molar-refractivity contribution in [2.75, 3.05) is 0 Å². The van der Waals surface area contributed by atoms with E-state index in [1.807, 2.05) is 12.1 Å². The molecule has 0 fully saturated rings. The van der Waals surface area contributed by atoms with Gasteiger partial charge in [0.15, 0.2) is 0 Å². The second-order valence-electron chi connectivity index (χ2n) is 2.60. The standard InChI is InChI=1S/C9H11NO2.ClH/c11-9(12)3-1-2-8-4-6-10-7-5-8;/h4-7H,1-3H2,(H,11,12);1H. The van der Waals surface area contributed by atoms with Gasteiger partial charge in [0.2, 0.25) is 0 Å². The maximum Gasteiger partial charge on any atom is 0.303 e. The van der Waals surface area contributed by atoms with Crippen LogP contribution in [0.3, 0.4) is 0 Å². The third-order valence-corrected chi connectivity index (χ3v) is 1.61. The summed E-state index contributed by atoms with van der Waals surface area (Å²) in [6.45, 7) is 0. The average Bonchev–Trinajstić information content (AvgIpc) is 2.05. The quantitative estimate of drug-likeness (QED) is 0.810. The zero-order chi connectivity index (χ0) is 8.81. The molecule has 1 heterocycles. The van der Waals surface area contributed by atoms with E-state index >= 15 is 0 Å². The zero-order valence-electron chi connectivity index (χ0n) is 7.14. The van der Waals surface area contributed by atoms with Crippen LogP contribution in [0.1, 0.15) is 18.4 Å². The lowest BCUT2D eigenvalue weighted by molar-refractivity contribution is -0.137. The molecule has 0 aromatic carbocycles. The molecule has 0 aliphatic rings. The Morgan fingerprint density at radius 1 is 1.38 bits per heavy atom. The molecule has 1 aromatic heterocycles. The minimum atomic E-state index is -0.732. The maximum atomic E-state index is 10.2. The smallest absolute Gasteiger partial charge is 0.303 e. The van der Waals surface area contributed by atoms with Gasteiger partial charge in [-0.25, -0.2) is 0 Å². The molecule has 1 N–H and O–H groups in total. The summed E-state index contributed by atoms with van der Waals surface area (Å²) in [7, 11) is 0. The Bertz CT molecular complexity index is 251. The Labute approximate surface area is 83.2 Å². The molecule has 0 radical (unpaired) electrons. The minimum absolute atomic E-state index is 0. The molecule has 13 heavy (non-hydrogen) atoms. The van der Waals surface area contributed by atoms with Gasteiger partial charge in [-0.2, -0.15) is 0 Å². The van der Waals surface area contributed by atoms with Gasteiger partial charge in [0, 0.05) is 18.8 Å². The average molecular weight is 202 g/mol. The van der Waals surface area contributed by atoms with Crippen molar-refractivity contribution < 1.29 is 9.90 Å². The van der Waals surface area contributed by atoms with E-state index < -0.39 is 5.97 Å². The van der Waals surface area contributed by atoms with Crippen LogP contribution in [0.4, 0.5) is 0 Å². The second-order valence-corrected chi connectivity index (χ2v) is 2.60. The number of aromatic nitrogens is 1. The molecule has 3 nitrogen and oxygen atoms in total. The van der Waals surface area contributed by atoms with Gasteiger partial charge < -0.3 is 5.11 Å². The van der Waals surface area contributed by atoms with Crippen LogP contribution >= 0.6 is 12.4 Å². The number of aliphatic carboxylic acids is 1. The molecule has 0 atom stereocenters. The predicted molar refractivity (Wildman–Crippen MR) is 52.1 cm³/mol. The van der Waals surface area contributed by atoms with Crippen molar-refractivity contribution in [1.82, 2.24) is 4.98 Å². The number of carbonyl (C=O) groups is 1. The number of aryl methyl sites for hydroxylation is 1. The number of carboxylic acids is 1. The molecule has 1 aromatic rings. The Morgan fingerprint density at radius 2 is 2.00 bits per heavy atom. The van der Waals surface area contributed by atoms with Crippen LogP contribution in [0.15, 0.2) is 24.5 Å². The van der Waals surface area contributed by atoms with E-state index in [-0.39, 0.29) is 18.8 Å². The first-order chi connectivity index (χ1) is 5.79. The molecule has 0 saturated carbocycles. The van der Waals surface area contributed by atoms with Crippen molar-refractivity contribution in [3.8, 4) is 0 Å². The van der Waals surface area contributed by atoms with Gasteiger partial charge in [-0.15, -0.1) is 12.4 Å². The lowest BCUT2D eigenvalue weighted by Gasteiger charge is -1.97. The number of rotatable bonds is 4. The summed E-state index contributed by atoms with van der Waals surface area (Å²) < 4.78 is 0. The third-order valence-electron chi connectivity index (χ3n) is 1.61. The van der Waals surface area contributed by atoms with Crippen molar-refractivity contribution in [3.05, 3.63) is 30.1 Å². The molecule has 0 aliphatic carbocycles. The number of nitrogens with zero attached hydrogens (tertiary/aromatic N) is 1. The van der Waals surface area contributed by atoms with E-state index in [1.165, 1.54) is 0 Å². The van der Waals surface area contributed by atoms with Crippen molar-refractivity contribution in [2.24, 2.45) is 0 Å². The van der Waals surface area contributed by atoms with Gasteiger partial charge in [0.25, 0.3) is 0 Å². The lowest BCUT2D eigenvalue weighted by Crippen LogP contribution is -1.95. The van der Waals surface area contributed by atoms with Crippen molar-refractivity contribution in [3.63, 3.8) is 0 Å². The third kappa shape index (κ3) is 5.20. The van der Waals surface area contributed by atoms with E-state index in [1.54, 1.807) is 12.4 Å². The predicted octanol–water partition coefficient (Wildman–Crippen LogP) is 1.91. The first-order valence-electron chi connectivity index (χ1n) is 3.90. The molecule has 4 heteroatoms. The highest BCUT2D eigenvalue weighted by Gasteiger charge is 1.96. The second kappa shape index (κ2) is 6.43. The maximum absolute atomic E-state index is 10.2. The molecular formula is C9H12ClNO2. The van der Waals surface area contributed by atoms with Crippen molar-refractivity contribution >= 4 is 18.4 Å². The van der Waals surface area contributed by atoms with E-state index in [9.17, 15) is 4.79 Å². The minimum Gasteiger partial charge on any atom is -0.481 e. The van der Waals surface area contributed by atoms with Crippen LogP contribution in [0.2, 0.25) is 0 Å². The van der Waals surface area contributed by atoms with Crippen LogP contribution in [0.5, 0.6) is 0 Å². The van der Waals surface area contributed by atoms with Gasteiger partial charge >= 0.3 is 5.97 Å². The van der Waals surface area contributed by atoms with Crippen LogP contribution in [-0.4, -0.2) is 16.1 Å². The Hall–Kier alpha value is -1.09. The van der Waals surface area contributed by atoms with Gasteiger partial charge in [-0.3, -0.25) is 9.78 Å². The van der Waals surface area contributed by atoms with Crippen LogP contribution in [0, 0.1) is 0 Å². The lowest BCUT2D eigenvalue weighted by atomic mass is 10.1. The van der Waals surface area contributed by atoms with Gasteiger partial charge in [-0.1, -0.05) is 0 Å². The van der Waals surface area contributed by atoms with Crippen molar-refractivity contribution in [2.45, 2.75) is 19.3 Å². The fourth-order valence-corrected chi connectivity index (χ4v) is 0.993. The summed E-state index contributed by atoms with van der Waals surface area (Å²) in [4.78, 5) is 14.0. The van der Waals surface area contributed by atoms with Crippen LogP contribution in [-0.2, 0) is 11.2 Å². The van der Waals surface area contributed by atoms with Crippen molar-refractivity contribution in [1.29, 1.82) is 0 Å². The van der Waals surface area contributed by atoms with Gasteiger partial charge in [-0.05, 0) is 30.5 Å². The number of hydrogen-bond donors (Lipinski definition) is 1. The highest BCUT2D eigenvalue weighted by molar-refractivity contribution is 5.85. The fraction of sp³-hybridized carbons (Fsp3) is 0.333. The van der Waals surface area contributed by atoms with Gasteiger partial charge in [0.05, 0.1) is 0 Å². The highest BCUT2D eigenvalue weighted by atomic mass is 35.5. The van der Waals surface area contributed by atoms with Crippen LogP contribution in [0.25, 0.3) is 0 Å². The molecule has 0 amide bonds. The summed E-state index contributed by atoms with van der Waals surface area (Å²) >= 11 is 0. The summed E-state index contributed by atoms with van der Waals surface area (Å²) in [5, 5.41) is 8.38. The molecule has 0 bridgehead atoms. The monoisotopic (exact) mass is 201 g/mol. The molecule has 0 aliphatic heterocycles. The summed E-state index contributed by atoms with van der Waals surface area (Å²) in [6.07, 6.45) is 5.18. The molecule has 1 rings (SSSR count). The van der Waals surface area contributed by atoms with Crippen LogP contribution < -0.4 is 0 Å². The Kier molecular flexibility index (Phi) is 5.89. The first kappa shape index (κ1) is 11.9. The summed E-state index contributed by atoms with van der Waals surface area (Å²) in [5.41, 5.74) is 1.14. The number of pyridine rings is 1. The summed E-state index contributed by atoms with van der Waals surface area (Å²) in [5.74, 6) is -0.732. The zero-order valence-corrected chi connectivity index (χ0v) is 7.96. The van der Waals surface area contributed by atoms with E-state index in [4.69, 9.17) is 5.11 Å². The molecule has 0 saturated heterocycles. The van der Waals surface area contributed by atoms with E-state index in [0.717, 1.165) is 12.0 Å². The number of halogens is 1. The first-order valence-corrected chi connectivity index (χ1v) is 3.90. The topological polar surface area (TPSA) is 50.2 Å². The molecule has 0 spiro atoms. The number of hydrogen-bond acceptors (Lipinski definition) is 2. The Morgan fingerprint density at radius 3 is 2.54 bits per heavy atom. The SMILES string of the molecule is Cl.O=C(O)CCCc1ccncc1. The largest absolute Gasteiger partial charge is 0.481 e. The van der Waals surface area contributed by atoms with E-state index in [0.29, 0.717) is 6.42 Å². The molecule has 72 valence electrons. The van der Waals surface area contributed by atoms with Gasteiger partial charge in [0.1, 0.15) is 0 Å². The Balaban J connectivity index is 0.00000144. The highest BCUT2D eigenvalue weighted by Crippen LogP contribution is 2.02. The van der Waals surface area contributed by atoms with E-state index in [2.05, 4.69) is 4.98 Å². The number of carboxylic acid groups (broad SMARTS) is 1. The molecule has 0 unspecified atom stereocenters. The summed E-state index contributed by atoms with van der Waals surface area (Å²) in [6, 6.07) is 3.81. The normalized spacial score (nSPS) is 8.92.